The zero-order chi connectivity index (χ0) is 26.2. The highest BCUT2D eigenvalue weighted by Gasteiger charge is 2.27. The average molecular weight is 537 g/mol. The molecule has 0 aliphatic heterocycles. The fourth-order valence-corrected chi connectivity index (χ4v) is 5.00. The fraction of sp³-hybridized carbons (Fsp3) is 0.250. The molecule has 0 unspecified atom stereocenters. The van der Waals surface area contributed by atoms with Crippen LogP contribution in [0.4, 0.5) is 5.69 Å². The summed E-state index contributed by atoms with van der Waals surface area (Å²) < 4.78 is 13.1. The maximum atomic E-state index is 13.7. The van der Waals surface area contributed by atoms with Crippen LogP contribution < -0.4 is 10.1 Å². The third-order valence-corrected chi connectivity index (χ3v) is 7.15. The second kappa shape index (κ2) is 12.8. The van der Waals surface area contributed by atoms with Crippen LogP contribution in [0.2, 0.25) is 5.02 Å². The number of halogens is 1. The van der Waals surface area contributed by atoms with Crippen molar-refractivity contribution in [2.75, 3.05) is 25.6 Å². The molecule has 1 N–H and O–H groups in total. The number of nitrogens with zero attached hydrogens (tertiary/aromatic N) is 3. The number of carbonyl (C=O) groups is 1. The maximum Gasteiger partial charge on any atom is 0.242 e. The molecule has 0 saturated carbocycles. The number of nitrogens with one attached hydrogen (secondary N) is 1. The topological polar surface area (TPSA) is 78.3 Å². The number of hydrogen-bond acceptors (Lipinski definition) is 6. The largest absolute Gasteiger partial charge is 0.495 e. The maximum absolute atomic E-state index is 13.7. The Morgan fingerprint density at radius 1 is 1.08 bits per heavy atom. The molecule has 0 aliphatic carbocycles. The van der Waals surface area contributed by atoms with Gasteiger partial charge in [0.25, 0.3) is 0 Å². The van der Waals surface area contributed by atoms with Crippen molar-refractivity contribution in [3.8, 4) is 17.1 Å². The van der Waals surface area contributed by atoms with Crippen LogP contribution in [0.1, 0.15) is 23.3 Å². The highest BCUT2D eigenvalue weighted by Crippen LogP contribution is 2.38. The summed E-state index contributed by atoms with van der Waals surface area (Å²) >= 11 is 7.44. The Labute approximate surface area is 226 Å². The van der Waals surface area contributed by atoms with Gasteiger partial charge in [0.15, 0.2) is 11.0 Å². The van der Waals surface area contributed by atoms with Gasteiger partial charge in [0, 0.05) is 17.2 Å². The Morgan fingerprint density at radius 2 is 1.84 bits per heavy atom. The summed E-state index contributed by atoms with van der Waals surface area (Å²) in [6.07, 6.45) is 0. The number of anilines is 1. The van der Waals surface area contributed by atoms with Crippen LogP contribution in [0.15, 0.2) is 78.0 Å². The zero-order valence-corrected chi connectivity index (χ0v) is 22.6. The first-order valence-corrected chi connectivity index (χ1v) is 13.2. The minimum atomic E-state index is -0.584. The van der Waals surface area contributed by atoms with Gasteiger partial charge in [-0.25, -0.2) is 0 Å². The Morgan fingerprint density at radius 3 is 2.54 bits per heavy atom. The summed E-state index contributed by atoms with van der Waals surface area (Å²) in [7, 11) is 1.59. The standard InChI is InChI=1S/C28H29ClN4O3S/c1-4-36-17-16-33-26(21-11-13-22(29)14-12-21)31-32-28(33)37-25(20-8-6-5-7-9-20)27(34)30-23-18-19(2)10-15-24(23)35-3/h5-15,18,25H,4,16-17H2,1-3H3,(H,30,34)/t25-/m0/s1. The molecular formula is C28H29ClN4O3S. The van der Waals surface area contributed by atoms with Crippen molar-refractivity contribution in [2.24, 2.45) is 0 Å². The summed E-state index contributed by atoms with van der Waals surface area (Å²) in [6, 6.07) is 22.8. The van der Waals surface area contributed by atoms with Gasteiger partial charge >= 0.3 is 0 Å². The quantitative estimate of drug-likeness (QED) is 0.176. The average Bonchev–Trinajstić information content (AvgIpc) is 3.30. The summed E-state index contributed by atoms with van der Waals surface area (Å²) in [5.41, 5.74) is 3.37. The van der Waals surface area contributed by atoms with Gasteiger partial charge in [-0.05, 0) is 61.4 Å². The van der Waals surface area contributed by atoms with E-state index in [2.05, 4.69) is 15.5 Å². The normalized spacial score (nSPS) is 11.8. The molecule has 192 valence electrons. The number of hydrogen-bond donors (Lipinski definition) is 1. The van der Waals surface area contributed by atoms with E-state index in [0.717, 1.165) is 16.7 Å². The molecule has 1 amide bonds. The summed E-state index contributed by atoms with van der Waals surface area (Å²) in [6.45, 7) is 5.56. The van der Waals surface area contributed by atoms with Gasteiger partial charge in [0.2, 0.25) is 5.91 Å². The van der Waals surface area contributed by atoms with Gasteiger partial charge in [0.05, 0.1) is 25.9 Å². The Hall–Kier alpha value is -3.33. The molecule has 4 aromatic rings. The van der Waals surface area contributed by atoms with Crippen LogP contribution in [0.25, 0.3) is 11.4 Å². The molecule has 1 atom stereocenters. The predicted molar refractivity (Wildman–Crippen MR) is 148 cm³/mol. The highest BCUT2D eigenvalue weighted by atomic mass is 35.5. The van der Waals surface area contributed by atoms with Crippen LogP contribution >= 0.6 is 23.4 Å². The molecule has 7 nitrogen and oxygen atoms in total. The van der Waals surface area contributed by atoms with Gasteiger partial charge in [-0.1, -0.05) is 59.8 Å². The lowest BCUT2D eigenvalue weighted by Gasteiger charge is -2.19. The van der Waals surface area contributed by atoms with Crippen molar-refractivity contribution in [3.63, 3.8) is 0 Å². The fourth-order valence-electron chi connectivity index (χ4n) is 3.81. The Kier molecular flexibility index (Phi) is 9.22. The van der Waals surface area contributed by atoms with E-state index in [1.165, 1.54) is 11.8 Å². The molecule has 0 spiro atoms. The molecule has 0 radical (unpaired) electrons. The molecule has 3 aromatic carbocycles. The number of aromatic nitrogens is 3. The SMILES string of the molecule is CCOCCn1c(S[C@H](C(=O)Nc2cc(C)ccc2OC)c2ccccc2)nnc1-c1ccc(Cl)cc1. The van der Waals surface area contributed by atoms with Crippen LogP contribution in [-0.4, -0.2) is 41.0 Å². The molecule has 0 bridgehead atoms. The van der Waals surface area contributed by atoms with Crippen molar-refractivity contribution in [2.45, 2.75) is 30.8 Å². The summed E-state index contributed by atoms with van der Waals surface area (Å²) in [5, 5.41) is 12.7. The molecule has 1 heterocycles. The van der Waals surface area contributed by atoms with Crippen LogP contribution in [0.3, 0.4) is 0 Å². The number of ether oxygens (including phenoxy) is 2. The lowest BCUT2D eigenvalue weighted by atomic mass is 10.1. The number of amides is 1. The third kappa shape index (κ3) is 6.71. The van der Waals surface area contributed by atoms with Crippen LogP contribution in [-0.2, 0) is 16.1 Å². The summed E-state index contributed by atoms with van der Waals surface area (Å²) in [4.78, 5) is 13.7. The van der Waals surface area contributed by atoms with E-state index >= 15 is 0 Å². The van der Waals surface area contributed by atoms with Crippen LogP contribution in [0, 0.1) is 6.92 Å². The number of carbonyl (C=O) groups excluding carboxylic acids is 1. The lowest BCUT2D eigenvalue weighted by Crippen LogP contribution is -2.20. The molecule has 1 aromatic heterocycles. The van der Waals surface area contributed by atoms with Crippen molar-refractivity contribution in [3.05, 3.63) is 88.9 Å². The predicted octanol–water partition coefficient (Wildman–Crippen LogP) is 6.42. The second-order valence-electron chi connectivity index (χ2n) is 8.26. The van der Waals surface area contributed by atoms with E-state index in [4.69, 9.17) is 21.1 Å². The van der Waals surface area contributed by atoms with E-state index in [1.54, 1.807) is 7.11 Å². The first-order valence-electron chi connectivity index (χ1n) is 11.9. The number of aryl methyl sites for hydroxylation is 1. The number of methoxy groups -OCH3 is 1. The number of thioether (sulfide) groups is 1. The minimum absolute atomic E-state index is 0.187. The number of benzene rings is 3. The molecule has 0 aliphatic rings. The number of rotatable bonds is 11. The molecule has 4 rings (SSSR count). The minimum Gasteiger partial charge on any atom is -0.495 e. The molecule has 9 heteroatoms. The van der Waals surface area contributed by atoms with Gasteiger partial charge in [-0.3, -0.25) is 9.36 Å². The first kappa shape index (κ1) is 26.7. The molecule has 37 heavy (non-hydrogen) atoms. The monoisotopic (exact) mass is 536 g/mol. The van der Waals surface area contributed by atoms with Crippen LogP contribution in [0.5, 0.6) is 5.75 Å². The summed E-state index contributed by atoms with van der Waals surface area (Å²) in [5.74, 6) is 1.10. The smallest absolute Gasteiger partial charge is 0.242 e. The van der Waals surface area contributed by atoms with Crippen molar-refractivity contribution in [1.29, 1.82) is 0 Å². The van der Waals surface area contributed by atoms with Crippen molar-refractivity contribution in [1.82, 2.24) is 14.8 Å². The van der Waals surface area contributed by atoms with Gasteiger partial charge < -0.3 is 14.8 Å². The van der Waals surface area contributed by atoms with E-state index in [0.29, 0.717) is 47.2 Å². The van der Waals surface area contributed by atoms with E-state index in [-0.39, 0.29) is 5.91 Å². The molecule has 0 saturated heterocycles. The molecular weight excluding hydrogens is 508 g/mol. The lowest BCUT2D eigenvalue weighted by molar-refractivity contribution is -0.115. The second-order valence-corrected chi connectivity index (χ2v) is 9.77. The van der Waals surface area contributed by atoms with Gasteiger partial charge in [0.1, 0.15) is 11.0 Å². The van der Waals surface area contributed by atoms with Crippen molar-refractivity contribution >= 4 is 35.0 Å². The van der Waals surface area contributed by atoms with E-state index in [9.17, 15) is 4.79 Å². The van der Waals surface area contributed by atoms with Gasteiger partial charge in [-0.15, -0.1) is 10.2 Å². The zero-order valence-electron chi connectivity index (χ0n) is 21.0. The molecule has 0 fully saturated rings. The van der Waals surface area contributed by atoms with Crippen molar-refractivity contribution < 1.29 is 14.3 Å². The van der Waals surface area contributed by atoms with E-state index < -0.39 is 5.25 Å². The highest BCUT2D eigenvalue weighted by molar-refractivity contribution is 8.00. The van der Waals surface area contributed by atoms with Gasteiger partial charge in [-0.2, -0.15) is 0 Å². The third-order valence-electron chi connectivity index (χ3n) is 5.66. The van der Waals surface area contributed by atoms with E-state index in [1.807, 2.05) is 91.2 Å². The Bertz CT molecular complexity index is 1330. The Balaban J connectivity index is 1.69. The first-order chi connectivity index (χ1) is 18.0.